The SMILES string of the molecule is COC(=O)C=CSc1cnn(C)c1. The van der Waals surface area contributed by atoms with Crippen LogP contribution in [-0.4, -0.2) is 22.9 Å². The number of hydrogen-bond acceptors (Lipinski definition) is 4. The third kappa shape index (κ3) is 3.33. The second kappa shape index (κ2) is 4.71. The summed E-state index contributed by atoms with van der Waals surface area (Å²) in [5.41, 5.74) is 0. The smallest absolute Gasteiger partial charge is 0.330 e. The average Bonchev–Trinajstić information content (AvgIpc) is 2.51. The molecule has 70 valence electrons. The molecule has 0 aliphatic heterocycles. The molecule has 0 bridgehead atoms. The number of thioether (sulfide) groups is 1. The summed E-state index contributed by atoms with van der Waals surface area (Å²) in [6, 6.07) is 0. The number of carbonyl (C=O) groups is 1. The van der Waals surface area contributed by atoms with Gasteiger partial charge in [-0.15, -0.1) is 0 Å². The molecular weight excluding hydrogens is 188 g/mol. The summed E-state index contributed by atoms with van der Waals surface area (Å²) in [6.07, 6.45) is 4.97. The van der Waals surface area contributed by atoms with Gasteiger partial charge in [0, 0.05) is 24.2 Å². The first-order valence-corrected chi connectivity index (χ1v) is 4.50. The van der Waals surface area contributed by atoms with Crippen LogP contribution in [0.4, 0.5) is 0 Å². The van der Waals surface area contributed by atoms with E-state index in [0.29, 0.717) is 0 Å². The Morgan fingerprint density at radius 1 is 1.77 bits per heavy atom. The van der Waals surface area contributed by atoms with E-state index in [-0.39, 0.29) is 5.97 Å². The molecule has 1 heterocycles. The minimum Gasteiger partial charge on any atom is -0.466 e. The zero-order chi connectivity index (χ0) is 9.68. The van der Waals surface area contributed by atoms with Gasteiger partial charge in [-0.25, -0.2) is 4.79 Å². The van der Waals surface area contributed by atoms with Crippen molar-refractivity contribution in [3.8, 4) is 0 Å². The third-order valence-corrected chi connectivity index (χ3v) is 2.05. The lowest BCUT2D eigenvalue weighted by atomic mass is 10.7. The molecule has 0 spiro atoms. The molecule has 0 radical (unpaired) electrons. The highest BCUT2D eigenvalue weighted by atomic mass is 32.2. The molecule has 0 unspecified atom stereocenters. The predicted molar refractivity (Wildman–Crippen MR) is 50.2 cm³/mol. The summed E-state index contributed by atoms with van der Waals surface area (Å²) in [7, 11) is 3.19. The second-order valence-corrected chi connectivity index (χ2v) is 3.27. The van der Waals surface area contributed by atoms with Crippen LogP contribution in [0.3, 0.4) is 0 Å². The molecule has 0 saturated carbocycles. The highest BCUT2D eigenvalue weighted by Gasteiger charge is 1.94. The Morgan fingerprint density at radius 3 is 3.08 bits per heavy atom. The molecule has 0 saturated heterocycles. The number of aromatic nitrogens is 2. The molecule has 5 heteroatoms. The van der Waals surface area contributed by atoms with E-state index in [2.05, 4.69) is 9.84 Å². The summed E-state index contributed by atoms with van der Waals surface area (Å²) in [5.74, 6) is -0.351. The first-order valence-electron chi connectivity index (χ1n) is 3.62. The van der Waals surface area contributed by atoms with Crippen molar-refractivity contribution in [1.82, 2.24) is 9.78 Å². The van der Waals surface area contributed by atoms with E-state index in [9.17, 15) is 4.79 Å². The van der Waals surface area contributed by atoms with Gasteiger partial charge in [-0.2, -0.15) is 5.10 Å². The number of hydrogen-bond donors (Lipinski definition) is 0. The van der Waals surface area contributed by atoms with Crippen molar-refractivity contribution >= 4 is 17.7 Å². The van der Waals surface area contributed by atoms with Crippen molar-refractivity contribution in [2.75, 3.05) is 7.11 Å². The van der Waals surface area contributed by atoms with E-state index < -0.39 is 0 Å². The summed E-state index contributed by atoms with van der Waals surface area (Å²) in [5, 5.41) is 5.65. The van der Waals surface area contributed by atoms with E-state index in [1.165, 1.54) is 24.9 Å². The summed E-state index contributed by atoms with van der Waals surface area (Å²) >= 11 is 1.42. The molecule has 1 aromatic rings. The topological polar surface area (TPSA) is 44.1 Å². The van der Waals surface area contributed by atoms with Crippen molar-refractivity contribution < 1.29 is 9.53 Å². The fourth-order valence-electron chi connectivity index (χ4n) is 0.696. The number of methoxy groups -OCH3 is 1. The van der Waals surface area contributed by atoms with Crippen LogP contribution in [0.1, 0.15) is 0 Å². The molecule has 1 rings (SSSR count). The quantitative estimate of drug-likeness (QED) is 0.416. The first kappa shape index (κ1) is 9.85. The average molecular weight is 198 g/mol. The Morgan fingerprint density at radius 2 is 2.54 bits per heavy atom. The Balaban J connectivity index is 2.43. The van der Waals surface area contributed by atoms with Crippen molar-refractivity contribution in [1.29, 1.82) is 0 Å². The molecule has 0 fully saturated rings. The number of carbonyl (C=O) groups excluding carboxylic acids is 1. The van der Waals surface area contributed by atoms with Crippen molar-refractivity contribution in [3.63, 3.8) is 0 Å². The standard InChI is InChI=1S/C8H10N2O2S/c1-10-6-7(5-9-10)13-4-3-8(11)12-2/h3-6H,1-2H3. The van der Waals surface area contributed by atoms with Gasteiger partial charge in [0.25, 0.3) is 0 Å². The number of esters is 1. The predicted octanol–water partition coefficient (Wildman–Crippen LogP) is 1.20. The van der Waals surface area contributed by atoms with Crippen LogP contribution >= 0.6 is 11.8 Å². The first-order chi connectivity index (χ1) is 6.22. The number of aryl methyl sites for hydroxylation is 1. The van der Waals surface area contributed by atoms with Crippen LogP contribution < -0.4 is 0 Å². The molecule has 0 amide bonds. The lowest BCUT2D eigenvalue weighted by Crippen LogP contribution is -1.92. The molecule has 13 heavy (non-hydrogen) atoms. The van der Waals surface area contributed by atoms with E-state index in [0.717, 1.165) is 4.90 Å². The van der Waals surface area contributed by atoms with Gasteiger partial charge < -0.3 is 4.74 Å². The lowest BCUT2D eigenvalue weighted by molar-refractivity contribution is -0.134. The van der Waals surface area contributed by atoms with E-state index >= 15 is 0 Å². The molecule has 0 N–H and O–H groups in total. The Labute approximate surface area is 80.6 Å². The minimum atomic E-state index is -0.351. The fraction of sp³-hybridized carbons (Fsp3) is 0.250. The highest BCUT2D eigenvalue weighted by molar-refractivity contribution is 8.02. The normalized spacial score (nSPS) is 10.6. The number of rotatable bonds is 3. The fourth-order valence-corrected chi connectivity index (χ4v) is 1.35. The zero-order valence-corrected chi connectivity index (χ0v) is 8.25. The Hall–Kier alpha value is -1.23. The summed E-state index contributed by atoms with van der Waals surface area (Å²) < 4.78 is 6.14. The van der Waals surface area contributed by atoms with Crippen molar-refractivity contribution in [2.45, 2.75) is 4.90 Å². The molecule has 1 aromatic heterocycles. The van der Waals surface area contributed by atoms with Crippen molar-refractivity contribution in [3.05, 3.63) is 23.9 Å². The molecule has 4 nitrogen and oxygen atoms in total. The molecular formula is C8H10N2O2S. The maximum atomic E-state index is 10.7. The van der Waals surface area contributed by atoms with E-state index in [1.807, 2.05) is 13.2 Å². The van der Waals surface area contributed by atoms with E-state index in [1.54, 1.807) is 16.3 Å². The van der Waals surface area contributed by atoms with Gasteiger partial charge >= 0.3 is 5.97 Å². The minimum absolute atomic E-state index is 0.351. The van der Waals surface area contributed by atoms with Crippen LogP contribution in [-0.2, 0) is 16.6 Å². The van der Waals surface area contributed by atoms with Crippen LogP contribution in [0.15, 0.2) is 28.8 Å². The Kier molecular flexibility index (Phi) is 3.57. The van der Waals surface area contributed by atoms with Crippen LogP contribution in [0.5, 0.6) is 0 Å². The Bertz CT molecular complexity index is 320. The van der Waals surface area contributed by atoms with Gasteiger partial charge in [-0.05, 0) is 5.41 Å². The van der Waals surface area contributed by atoms with Crippen molar-refractivity contribution in [2.24, 2.45) is 7.05 Å². The van der Waals surface area contributed by atoms with Gasteiger partial charge in [-0.1, -0.05) is 11.8 Å². The summed E-state index contributed by atoms with van der Waals surface area (Å²) in [4.78, 5) is 11.7. The third-order valence-electron chi connectivity index (χ3n) is 1.29. The highest BCUT2D eigenvalue weighted by Crippen LogP contribution is 2.17. The second-order valence-electron chi connectivity index (χ2n) is 2.29. The monoisotopic (exact) mass is 198 g/mol. The van der Waals surface area contributed by atoms with Crippen LogP contribution in [0.2, 0.25) is 0 Å². The zero-order valence-electron chi connectivity index (χ0n) is 7.43. The number of nitrogens with zero attached hydrogens (tertiary/aromatic N) is 2. The van der Waals surface area contributed by atoms with Gasteiger partial charge in [0.2, 0.25) is 0 Å². The van der Waals surface area contributed by atoms with Gasteiger partial charge in [-0.3, -0.25) is 4.68 Å². The van der Waals surface area contributed by atoms with Gasteiger partial charge in [0.1, 0.15) is 0 Å². The molecule has 0 aliphatic rings. The maximum Gasteiger partial charge on any atom is 0.330 e. The molecule has 0 atom stereocenters. The largest absolute Gasteiger partial charge is 0.466 e. The van der Waals surface area contributed by atoms with E-state index in [4.69, 9.17) is 0 Å². The van der Waals surface area contributed by atoms with Gasteiger partial charge in [0.05, 0.1) is 13.3 Å². The van der Waals surface area contributed by atoms with Gasteiger partial charge in [0.15, 0.2) is 0 Å². The van der Waals surface area contributed by atoms with Crippen LogP contribution in [0, 0.1) is 0 Å². The van der Waals surface area contributed by atoms with Crippen LogP contribution in [0.25, 0.3) is 0 Å². The molecule has 0 aromatic carbocycles. The number of ether oxygens (including phenoxy) is 1. The lowest BCUT2D eigenvalue weighted by Gasteiger charge is -1.89. The summed E-state index contributed by atoms with van der Waals surface area (Å²) in [6.45, 7) is 0. The molecule has 0 aliphatic carbocycles. The maximum absolute atomic E-state index is 10.7.